The number of nitrogens with one attached hydrogen (secondary N) is 1. The molecule has 1 aromatic carbocycles. The van der Waals surface area contributed by atoms with E-state index in [-0.39, 0.29) is 18.0 Å². The first kappa shape index (κ1) is 19.0. The average Bonchev–Trinajstić information content (AvgIpc) is 2.53. The van der Waals surface area contributed by atoms with Crippen molar-refractivity contribution in [3.8, 4) is 0 Å². The van der Waals surface area contributed by atoms with Crippen LogP contribution in [0, 0.1) is 6.92 Å². The molecule has 0 aliphatic heterocycles. The van der Waals surface area contributed by atoms with Gasteiger partial charge in [-0.05, 0) is 49.3 Å². The van der Waals surface area contributed by atoms with Crippen molar-refractivity contribution in [1.82, 2.24) is 0 Å². The number of carbonyl (C=O) groups excluding carboxylic acids is 4. The SMILES string of the molecule is COC(=O)/C=C\C(=O)Cc1ccc(NC(=O)/C=C\C(C)=O)cc1C. The minimum Gasteiger partial charge on any atom is -0.466 e. The molecule has 0 aliphatic rings. The first-order valence-electron chi connectivity index (χ1n) is 7.20. The smallest absolute Gasteiger partial charge is 0.330 e. The van der Waals surface area contributed by atoms with Gasteiger partial charge in [0.1, 0.15) is 0 Å². The van der Waals surface area contributed by atoms with E-state index in [1.807, 2.05) is 6.92 Å². The summed E-state index contributed by atoms with van der Waals surface area (Å²) in [6, 6.07) is 5.12. The van der Waals surface area contributed by atoms with Gasteiger partial charge in [-0.15, -0.1) is 0 Å². The second-order valence-corrected chi connectivity index (χ2v) is 5.07. The molecule has 0 aromatic heterocycles. The number of ketones is 2. The number of aryl methyl sites for hydroxylation is 1. The predicted octanol–water partition coefficient (Wildman–Crippen LogP) is 1.92. The molecule has 0 bridgehead atoms. The Morgan fingerprint density at radius 3 is 2.38 bits per heavy atom. The standard InChI is InChI=1S/C18H19NO5/c1-12-10-15(19-17(22)8-4-13(2)20)6-5-14(12)11-16(21)7-9-18(23)24-3/h4-10H,11H2,1-3H3,(H,19,22)/b8-4-,9-7-. The lowest BCUT2D eigenvalue weighted by Gasteiger charge is -2.08. The zero-order chi connectivity index (χ0) is 18.1. The van der Waals surface area contributed by atoms with Crippen LogP contribution in [-0.4, -0.2) is 30.6 Å². The maximum absolute atomic E-state index is 11.8. The van der Waals surface area contributed by atoms with Crippen LogP contribution in [0.3, 0.4) is 0 Å². The number of rotatable bonds is 7. The Kier molecular flexibility index (Phi) is 7.29. The van der Waals surface area contributed by atoms with Crippen molar-refractivity contribution in [3.05, 3.63) is 53.6 Å². The minimum absolute atomic E-state index is 0.137. The lowest BCUT2D eigenvalue weighted by atomic mass is 10.0. The lowest BCUT2D eigenvalue weighted by molar-refractivity contribution is -0.135. The number of ether oxygens (including phenoxy) is 1. The van der Waals surface area contributed by atoms with Crippen molar-refractivity contribution in [2.45, 2.75) is 20.3 Å². The minimum atomic E-state index is -0.586. The van der Waals surface area contributed by atoms with Crippen LogP contribution in [0.25, 0.3) is 0 Å². The summed E-state index contributed by atoms with van der Waals surface area (Å²) in [5, 5.41) is 2.63. The van der Waals surface area contributed by atoms with E-state index in [4.69, 9.17) is 0 Å². The van der Waals surface area contributed by atoms with E-state index in [2.05, 4.69) is 10.1 Å². The van der Waals surface area contributed by atoms with Crippen molar-refractivity contribution in [3.63, 3.8) is 0 Å². The highest BCUT2D eigenvalue weighted by atomic mass is 16.5. The van der Waals surface area contributed by atoms with Gasteiger partial charge in [0.25, 0.3) is 0 Å². The molecule has 0 saturated heterocycles. The predicted molar refractivity (Wildman–Crippen MR) is 89.5 cm³/mol. The topological polar surface area (TPSA) is 89.5 Å². The second kappa shape index (κ2) is 9.19. The molecule has 6 nitrogen and oxygen atoms in total. The third-order valence-electron chi connectivity index (χ3n) is 3.05. The highest BCUT2D eigenvalue weighted by Gasteiger charge is 2.06. The van der Waals surface area contributed by atoms with Gasteiger partial charge in [0.05, 0.1) is 7.11 Å². The number of allylic oxidation sites excluding steroid dienone is 2. The van der Waals surface area contributed by atoms with E-state index in [1.165, 1.54) is 26.2 Å². The number of benzene rings is 1. The van der Waals surface area contributed by atoms with Crippen LogP contribution in [0.2, 0.25) is 0 Å². The molecule has 0 fully saturated rings. The zero-order valence-corrected chi connectivity index (χ0v) is 13.8. The number of anilines is 1. The maximum Gasteiger partial charge on any atom is 0.330 e. The molecule has 0 atom stereocenters. The van der Waals surface area contributed by atoms with E-state index in [9.17, 15) is 19.2 Å². The molecule has 0 aliphatic carbocycles. The zero-order valence-electron chi connectivity index (χ0n) is 13.8. The van der Waals surface area contributed by atoms with Gasteiger partial charge in [0.15, 0.2) is 11.6 Å². The van der Waals surface area contributed by atoms with Crippen LogP contribution in [0.4, 0.5) is 5.69 Å². The molecule has 0 unspecified atom stereocenters. The molecule has 6 heteroatoms. The van der Waals surface area contributed by atoms with Gasteiger partial charge < -0.3 is 10.1 Å². The summed E-state index contributed by atoms with van der Waals surface area (Å²) in [6.45, 7) is 3.17. The van der Waals surface area contributed by atoms with E-state index < -0.39 is 11.9 Å². The van der Waals surface area contributed by atoms with Crippen molar-refractivity contribution in [2.75, 3.05) is 12.4 Å². The van der Waals surface area contributed by atoms with Crippen molar-refractivity contribution in [2.24, 2.45) is 0 Å². The average molecular weight is 329 g/mol. The summed E-state index contributed by atoms with van der Waals surface area (Å²) in [7, 11) is 1.24. The Labute approximate surface area is 140 Å². The Morgan fingerprint density at radius 2 is 1.79 bits per heavy atom. The quantitative estimate of drug-likeness (QED) is 0.610. The normalized spacial score (nSPS) is 10.8. The second-order valence-electron chi connectivity index (χ2n) is 5.07. The number of methoxy groups -OCH3 is 1. The van der Waals surface area contributed by atoms with Crippen LogP contribution in [0.1, 0.15) is 18.1 Å². The Hall–Kier alpha value is -3.02. The van der Waals surface area contributed by atoms with Crippen molar-refractivity contribution >= 4 is 29.1 Å². The van der Waals surface area contributed by atoms with E-state index in [0.29, 0.717) is 5.69 Å². The number of amides is 1. The molecule has 1 N–H and O–H groups in total. The Balaban J connectivity index is 2.72. The fourth-order valence-corrected chi connectivity index (χ4v) is 1.82. The largest absolute Gasteiger partial charge is 0.466 e. The molecular weight excluding hydrogens is 310 g/mol. The van der Waals surface area contributed by atoms with Gasteiger partial charge in [-0.25, -0.2) is 4.79 Å². The van der Waals surface area contributed by atoms with Crippen LogP contribution in [0.5, 0.6) is 0 Å². The third kappa shape index (κ3) is 6.83. The van der Waals surface area contributed by atoms with Crippen molar-refractivity contribution in [1.29, 1.82) is 0 Å². The highest BCUT2D eigenvalue weighted by Crippen LogP contribution is 2.16. The molecule has 0 saturated carbocycles. The summed E-state index contributed by atoms with van der Waals surface area (Å²) in [6.07, 6.45) is 4.73. The summed E-state index contributed by atoms with van der Waals surface area (Å²) < 4.78 is 4.42. The number of carbonyl (C=O) groups is 4. The third-order valence-corrected chi connectivity index (χ3v) is 3.05. The Morgan fingerprint density at radius 1 is 1.08 bits per heavy atom. The van der Waals surface area contributed by atoms with E-state index >= 15 is 0 Å². The van der Waals surface area contributed by atoms with Gasteiger partial charge in [-0.3, -0.25) is 14.4 Å². The van der Waals surface area contributed by atoms with Crippen LogP contribution in [-0.2, 0) is 30.3 Å². The maximum atomic E-state index is 11.8. The van der Waals surface area contributed by atoms with Crippen LogP contribution < -0.4 is 5.32 Å². The van der Waals surface area contributed by atoms with Gasteiger partial charge in [0, 0.05) is 24.3 Å². The van der Waals surface area contributed by atoms with Gasteiger partial charge in [-0.1, -0.05) is 6.07 Å². The van der Waals surface area contributed by atoms with Gasteiger partial charge >= 0.3 is 5.97 Å². The summed E-state index contributed by atoms with van der Waals surface area (Å²) in [4.78, 5) is 45.1. The fraction of sp³-hybridized carbons (Fsp3) is 0.222. The van der Waals surface area contributed by atoms with Crippen LogP contribution in [0.15, 0.2) is 42.5 Å². The van der Waals surface area contributed by atoms with Gasteiger partial charge in [-0.2, -0.15) is 0 Å². The molecule has 126 valence electrons. The number of hydrogen-bond acceptors (Lipinski definition) is 5. The van der Waals surface area contributed by atoms with E-state index in [1.54, 1.807) is 18.2 Å². The molecule has 24 heavy (non-hydrogen) atoms. The monoisotopic (exact) mass is 329 g/mol. The summed E-state index contributed by atoms with van der Waals surface area (Å²) in [5.41, 5.74) is 2.17. The molecular formula is C18H19NO5. The molecule has 1 amide bonds. The molecule has 0 spiro atoms. The molecule has 0 heterocycles. The molecule has 0 radical (unpaired) electrons. The fourth-order valence-electron chi connectivity index (χ4n) is 1.82. The van der Waals surface area contributed by atoms with E-state index in [0.717, 1.165) is 23.3 Å². The lowest BCUT2D eigenvalue weighted by Crippen LogP contribution is -2.09. The highest BCUT2D eigenvalue weighted by molar-refractivity contribution is 6.03. The van der Waals surface area contributed by atoms with Crippen LogP contribution >= 0.6 is 0 Å². The summed E-state index contributed by atoms with van der Waals surface area (Å²) in [5.74, 6) is -1.44. The molecule has 1 aromatic rings. The number of hydrogen-bond donors (Lipinski definition) is 1. The first-order chi connectivity index (χ1) is 11.3. The number of esters is 1. The first-order valence-corrected chi connectivity index (χ1v) is 7.20. The summed E-state index contributed by atoms with van der Waals surface area (Å²) >= 11 is 0. The van der Waals surface area contributed by atoms with Crippen molar-refractivity contribution < 1.29 is 23.9 Å². The Bertz CT molecular complexity index is 716. The van der Waals surface area contributed by atoms with Gasteiger partial charge in [0.2, 0.25) is 5.91 Å². The molecule has 1 rings (SSSR count).